The molecule has 0 aromatic heterocycles. The van der Waals surface area contributed by atoms with Gasteiger partial charge < -0.3 is 31.3 Å². The monoisotopic (exact) mass is 525 g/mol. The van der Waals surface area contributed by atoms with E-state index in [1.54, 1.807) is 23.7 Å². The van der Waals surface area contributed by atoms with Crippen LogP contribution in [0.25, 0.3) is 0 Å². The van der Waals surface area contributed by atoms with Gasteiger partial charge in [0.2, 0.25) is 11.8 Å². The third-order valence-corrected chi connectivity index (χ3v) is 8.77. The summed E-state index contributed by atoms with van der Waals surface area (Å²) in [7, 11) is 1.74. The molecular weight excluding hydrogens is 490 g/mol. The minimum absolute atomic E-state index is 0. The molecule has 0 spiro atoms. The van der Waals surface area contributed by atoms with Gasteiger partial charge in [-0.25, -0.2) is 4.79 Å². The summed E-state index contributed by atoms with van der Waals surface area (Å²) >= 11 is 1.73. The summed E-state index contributed by atoms with van der Waals surface area (Å²) in [6.07, 6.45) is 1.69. The molecule has 3 heterocycles. The maximum absolute atomic E-state index is 13.8. The van der Waals surface area contributed by atoms with Crippen molar-refractivity contribution in [3.63, 3.8) is 0 Å². The van der Waals surface area contributed by atoms with Gasteiger partial charge in [-0.05, 0) is 50.3 Å². The van der Waals surface area contributed by atoms with Gasteiger partial charge in [0.15, 0.2) is 0 Å². The van der Waals surface area contributed by atoms with E-state index in [1.165, 1.54) is 0 Å². The van der Waals surface area contributed by atoms with E-state index in [-0.39, 0.29) is 41.0 Å². The van der Waals surface area contributed by atoms with Crippen LogP contribution in [0.3, 0.4) is 0 Å². The summed E-state index contributed by atoms with van der Waals surface area (Å²) in [5.41, 5.74) is 6.47. The highest BCUT2D eigenvalue weighted by molar-refractivity contribution is 8.00. The molecule has 0 saturated carbocycles. The van der Waals surface area contributed by atoms with Crippen molar-refractivity contribution in [2.45, 2.75) is 74.8 Å². The number of nitrogens with zero attached hydrogens (tertiary/aromatic N) is 1. The van der Waals surface area contributed by atoms with Crippen molar-refractivity contribution in [2.24, 2.45) is 11.1 Å². The predicted octanol–water partition coefficient (Wildman–Crippen LogP) is 2.15. The van der Waals surface area contributed by atoms with Crippen LogP contribution in [0.5, 0.6) is 5.75 Å². The average molecular weight is 526 g/mol. The van der Waals surface area contributed by atoms with E-state index in [2.05, 4.69) is 22.0 Å². The van der Waals surface area contributed by atoms with Crippen molar-refractivity contribution in [3.05, 3.63) is 29.8 Å². The van der Waals surface area contributed by atoms with E-state index < -0.39 is 29.4 Å². The highest BCUT2D eigenvalue weighted by atomic mass is 35.5. The van der Waals surface area contributed by atoms with Gasteiger partial charge >= 0.3 is 6.03 Å². The van der Waals surface area contributed by atoms with Gasteiger partial charge in [0.1, 0.15) is 17.8 Å². The normalized spacial score (nSPS) is 30.0. The van der Waals surface area contributed by atoms with E-state index in [9.17, 15) is 14.4 Å². The van der Waals surface area contributed by atoms with Gasteiger partial charge in [-0.15, -0.1) is 24.2 Å². The summed E-state index contributed by atoms with van der Waals surface area (Å²) in [6, 6.07) is 6.11. The second-order valence-corrected chi connectivity index (χ2v) is 11.5. The third kappa shape index (κ3) is 5.49. The van der Waals surface area contributed by atoms with E-state index in [0.717, 1.165) is 17.7 Å². The number of nitrogens with two attached hydrogens (primary N) is 1. The van der Waals surface area contributed by atoms with Gasteiger partial charge in [0, 0.05) is 11.2 Å². The molecule has 9 nitrogen and oxygen atoms in total. The zero-order valence-corrected chi connectivity index (χ0v) is 22.2. The van der Waals surface area contributed by atoms with E-state index in [0.29, 0.717) is 19.4 Å². The van der Waals surface area contributed by atoms with Gasteiger partial charge in [-0.3, -0.25) is 9.59 Å². The van der Waals surface area contributed by atoms with Crippen molar-refractivity contribution >= 4 is 42.0 Å². The fourth-order valence-corrected chi connectivity index (χ4v) is 7.54. The maximum atomic E-state index is 13.8. The molecule has 4 rings (SSSR count). The molecule has 3 aliphatic heterocycles. The number of benzene rings is 1. The Kier molecular flexibility index (Phi) is 8.49. The molecule has 0 radical (unpaired) electrons. The largest absolute Gasteiger partial charge is 0.493 e. The molecule has 3 aliphatic rings. The fourth-order valence-electron chi connectivity index (χ4n) is 5.48. The first kappa shape index (κ1) is 27.4. The average Bonchev–Trinajstić information content (AvgIpc) is 2.99. The molecule has 2 saturated heterocycles. The first-order valence-corrected chi connectivity index (χ1v) is 12.8. The summed E-state index contributed by atoms with van der Waals surface area (Å²) in [5, 5.41) is 8.49. The van der Waals surface area contributed by atoms with Gasteiger partial charge in [-0.2, -0.15) is 0 Å². The highest BCUT2D eigenvalue weighted by Gasteiger charge is 2.55. The number of fused-ring (bicyclic) bond motifs is 2. The highest BCUT2D eigenvalue weighted by Crippen LogP contribution is 2.51. The number of hydrogen-bond acceptors (Lipinski definition) is 6. The van der Waals surface area contributed by atoms with Crippen molar-refractivity contribution in [1.29, 1.82) is 0 Å². The summed E-state index contributed by atoms with van der Waals surface area (Å²) < 4.78 is 5.88. The van der Waals surface area contributed by atoms with Crippen molar-refractivity contribution in [2.75, 3.05) is 13.7 Å². The lowest BCUT2D eigenvalue weighted by Crippen LogP contribution is -2.58. The lowest BCUT2D eigenvalue weighted by Gasteiger charge is -2.33. The van der Waals surface area contributed by atoms with Crippen LogP contribution in [0.15, 0.2) is 24.3 Å². The topological polar surface area (TPSA) is 126 Å². The fraction of sp³-hybridized carbons (Fsp3) is 0.625. The minimum Gasteiger partial charge on any atom is -0.493 e. The summed E-state index contributed by atoms with van der Waals surface area (Å²) in [4.78, 5) is 40.6. The van der Waals surface area contributed by atoms with Gasteiger partial charge in [0.25, 0.3) is 0 Å². The third-order valence-electron chi connectivity index (χ3n) is 7.19. The SMILES string of the molecule is CN[C@@H](C)NC(=O)NC1CC([C@@H]2CCOc3ccccc32)SC2CC(C)(C)C(C(N)=O)N2C1=O.Cl. The maximum Gasteiger partial charge on any atom is 0.316 e. The molecule has 4 unspecified atom stereocenters. The van der Waals surface area contributed by atoms with E-state index >= 15 is 0 Å². The van der Waals surface area contributed by atoms with Gasteiger partial charge in [0.05, 0.1) is 18.1 Å². The second kappa shape index (κ2) is 10.8. The number of para-hydroxylation sites is 1. The van der Waals surface area contributed by atoms with Gasteiger partial charge in [-0.1, -0.05) is 32.0 Å². The van der Waals surface area contributed by atoms with Crippen LogP contribution in [0, 0.1) is 5.41 Å². The number of rotatable bonds is 5. The number of hydrogen-bond donors (Lipinski definition) is 4. The van der Waals surface area contributed by atoms with Crippen LogP contribution in [-0.2, 0) is 9.59 Å². The number of primary amides is 1. The van der Waals surface area contributed by atoms with Crippen LogP contribution in [0.4, 0.5) is 4.79 Å². The Morgan fingerprint density at radius 1 is 1.29 bits per heavy atom. The molecule has 2 fully saturated rings. The Balaban J connectivity index is 0.00000342. The standard InChI is InChI=1S/C24H35N5O4S.ClH/c1-13(26-4)27-23(32)28-16-11-18(15-9-10-33-17-8-6-5-7-14(15)17)34-19-12-24(2,3)20(21(25)30)29(19)22(16)31;/h5-8,13,15-16,18-20,26H,9-12H2,1-4H3,(H2,25,30)(H2,27,28,32);1H/t13-,15-,16?,18?,19?,20?;/m1./s1. The first-order chi connectivity index (χ1) is 16.1. The number of amides is 4. The molecule has 1 aromatic rings. The van der Waals surface area contributed by atoms with Crippen LogP contribution < -0.4 is 26.4 Å². The van der Waals surface area contributed by atoms with Crippen molar-refractivity contribution in [3.8, 4) is 5.75 Å². The lowest BCUT2D eigenvalue weighted by molar-refractivity contribution is -0.141. The number of carbonyl (C=O) groups excluding carboxylic acids is 3. The Labute approximate surface area is 217 Å². The Morgan fingerprint density at radius 3 is 2.69 bits per heavy atom. The molecule has 1 aromatic carbocycles. The number of urea groups is 1. The molecule has 194 valence electrons. The number of thioether (sulfide) groups is 1. The molecule has 4 amide bonds. The molecule has 35 heavy (non-hydrogen) atoms. The van der Waals surface area contributed by atoms with Crippen LogP contribution in [-0.4, -0.2) is 65.3 Å². The Morgan fingerprint density at radius 2 is 2.00 bits per heavy atom. The van der Waals surface area contributed by atoms with E-state index in [4.69, 9.17) is 10.5 Å². The molecule has 11 heteroatoms. The Bertz CT molecular complexity index is 964. The number of nitrogens with one attached hydrogen (secondary N) is 3. The quantitative estimate of drug-likeness (QED) is 0.436. The summed E-state index contributed by atoms with van der Waals surface area (Å²) in [5.74, 6) is 0.283. The number of carbonyl (C=O) groups is 3. The molecule has 0 bridgehead atoms. The minimum atomic E-state index is -0.766. The second-order valence-electron chi connectivity index (χ2n) is 10.1. The number of halogens is 1. The smallest absolute Gasteiger partial charge is 0.316 e. The van der Waals surface area contributed by atoms with Crippen molar-refractivity contribution < 1.29 is 19.1 Å². The van der Waals surface area contributed by atoms with E-state index in [1.807, 2.05) is 39.0 Å². The molecular formula is C24H36ClN5O4S. The first-order valence-electron chi connectivity index (χ1n) is 11.9. The molecule has 6 atom stereocenters. The molecule has 5 N–H and O–H groups in total. The Hall–Kier alpha value is -2.17. The summed E-state index contributed by atoms with van der Waals surface area (Å²) in [6.45, 7) is 6.38. The zero-order chi connectivity index (χ0) is 24.6. The van der Waals surface area contributed by atoms with Crippen LogP contribution in [0.1, 0.15) is 51.5 Å². The lowest BCUT2D eigenvalue weighted by atomic mass is 9.84. The number of ether oxygens (including phenoxy) is 1. The van der Waals surface area contributed by atoms with Crippen molar-refractivity contribution in [1.82, 2.24) is 20.9 Å². The molecule has 0 aliphatic carbocycles. The predicted molar refractivity (Wildman–Crippen MR) is 139 cm³/mol. The zero-order valence-electron chi connectivity index (χ0n) is 20.6. The van der Waals surface area contributed by atoms with Crippen LogP contribution in [0.2, 0.25) is 0 Å². The van der Waals surface area contributed by atoms with Crippen LogP contribution >= 0.6 is 24.2 Å².